The Morgan fingerprint density at radius 3 is 2.50 bits per heavy atom. The Balaban J connectivity index is 2.12. The molecule has 2 aromatic rings. The lowest BCUT2D eigenvalue weighted by Gasteiger charge is -2.12. The van der Waals surface area contributed by atoms with E-state index < -0.39 is 0 Å². The van der Waals surface area contributed by atoms with E-state index in [1.165, 1.54) is 3.57 Å². The standard InChI is InChI=1S/C14H11BrClIO/c15-13-3-1-2-11(8-16)14(13)18-9-10-4-6-12(17)7-5-10/h1-7H,8-9H2. The van der Waals surface area contributed by atoms with E-state index in [0.29, 0.717) is 12.5 Å². The van der Waals surface area contributed by atoms with Crippen LogP contribution in [0.25, 0.3) is 0 Å². The van der Waals surface area contributed by atoms with Crippen LogP contribution in [0.2, 0.25) is 0 Å². The van der Waals surface area contributed by atoms with Gasteiger partial charge in [-0.1, -0.05) is 24.3 Å². The largest absolute Gasteiger partial charge is 0.487 e. The van der Waals surface area contributed by atoms with Crippen LogP contribution in [0.1, 0.15) is 11.1 Å². The zero-order valence-electron chi connectivity index (χ0n) is 9.50. The van der Waals surface area contributed by atoms with Crippen molar-refractivity contribution in [2.45, 2.75) is 12.5 Å². The second kappa shape index (κ2) is 6.78. The average molecular weight is 438 g/mol. The first-order valence-corrected chi connectivity index (χ1v) is 7.82. The van der Waals surface area contributed by atoms with Crippen LogP contribution in [0.3, 0.4) is 0 Å². The number of hydrogen-bond donors (Lipinski definition) is 0. The van der Waals surface area contributed by atoms with Crippen molar-refractivity contribution in [3.8, 4) is 5.75 Å². The summed E-state index contributed by atoms with van der Waals surface area (Å²) in [6.45, 7) is 0.545. The van der Waals surface area contributed by atoms with Crippen LogP contribution < -0.4 is 4.74 Å². The highest BCUT2D eigenvalue weighted by atomic mass is 127. The van der Waals surface area contributed by atoms with Gasteiger partial charge >= 0.3 is 0 Å². The van der Waals surface area contributed by atoms with E-state index >= 15 is 0 Å². The van der Waals surface area contributed by atoms with Crippen molar-refractivity contribution >= 4 is 50.1 Å². The Morgan fingerprint density at radius 2 is 1.83 bits per heavy atom. The molecular formula is C14H11BrClIO. The van der Waals surface area contributed by atoms with Gasteiger partial charge in [0.2, 0.25) is 0 Å². The molecule has 1 nitrogen and oxygen atoms in total. The molecule has 0 N–H and O–H groups in total. The second-order valence-electron chi connectivity index (χ2n) is 3.78. The molecule has 0 heterocycles. The average Bonchev–Trinajstić information content (AvgIpc) is 2.39. The zero-order valence-corrected chi connectivity index (χ0v) is 14.0. The third-order valence-electron chi connectivity index (χ3n) is 2.49. The molecule has 0 amide bonds. The minimum atomic E-state index is 0.446. The molecule has 0 saturated heterocycles. The fourth-order valence-electron chi connectivity index (χ4n) is 1.56. The normalized spacial score (nSPS) is 10.4. The molecule has 0 spiro atoms. The Kier molecular flexibility index (Phi) is 5.33. The highest BCUT2D eigenvalue weighted by Crippen LogP contribution is 2.30. The van der Waals surface area contributed by atoms with E-state index in [9.17, 15) is 0 Å². The second-order valence-corrected chi connectivity index (χ2v) is 6.14. The Bertz CT molecular complexity index is 528. The predicted molar refractivity (Wildman–Crippen MR) is 87.2 cm³/mol. The van der Waals surface area contributed by atoms with Gasteiger partial charge in [0, 0.05) is 9.13 Å². The maximum atomic E-state index is 5.90. The van der Waals surface area contributed by atoms with Gasteiger partial charge in [0.05, 0.1) is 10.4 Å². The van der Waals surface area contributed by atoms with Gasteiger partial charge in [-0.15, -0.1) is 11.6 Å². The van der Waals surface area contributed by atoms with E-state index in [2.05, 4.69) is 62.8 Å². The van der Waals surface area contributed by atoms with Crippen LogP contribution in [0.5, 0.6) is 5.75 Å². The minimum absolute atomic E-state index is 0.446. The van der Waals surface area contributed by atoms with Crippen molar-refractivity contribution < 1.29 is 4.74 Å². The quantitative estimate of drug-likeness (QED) is 0.462. The van der Waals surface area contributed by atoms with Crippen molar-refractivity contribution in [3.63, 3.8) is 0 Å². The van der Waals surface area contributed by atoms with Crippen LogP contribution in [-0.2, 0) is 12.5 Å². The number of ether oxygens (including phenoxy) is 1. The van der Waals surface area contributed by atoms with Crippen molar-refractivity contribution in [3.05, 3.63) is 61.6 Å². The number of alkyl halides is 1. The molecule has 94 valence electrons. The highest BCUT2D eigenvalue weighted by Gasteiger charge is 2.07. The number of rotatable bonds is 4. The van der Waals surface area contributed by atoms with Crippen molar-refractivity contribution in [1.29, 1.82) is 0 Å². The number of halogens is 3. The molecule has 4 heteroatoms. The summed E-state index contributed by atoms with van der Waals surface area (Å²) in [4.78, 5) is 0. The van der Waals surface area contributed by atoms with Gasteiger partial charge in [-0.25, -0.2) is 0 Å². The van der Waals surface area contributed by atoms with E-state index in [0.717, 1.165) is 21.3 Å². The predicted octanol–water partition coefficient (Wildman–Crippen LogP) is 5.37. The Hall–Kier alpha value is -0.260. The molecule has 0 aliphatic carbocycles. The molecule has 0 bridgehead atoms. The number of benzene rings is 2. The summed E-state index contributed by atoms with van der Waals surface area (Å²) in [5, 5.41) is 0. The summed E-state index contributed by atoms with van der Waals surface area (Å²) >= 11 is 11.7. The van der Waals surface area contributed by atoms with E-state index in [1.807, 2.05) is 18.2 Å². The number of para-hydroxylation sites is 1. The van der Waals surface area contributed by atoms with Crippen LogP contribution in [0.4, 0.5) is 0 Å². The van der Waals surface area contributed by atoms with Gasteiger partial charge in [-0.2, -0.15) is 0 Å². The van der Waals surface area contributed by atoms with Gasteiger partial charge in [-0.05, 0) is 62.3 Å². The molecule has 2 aromatic carbocycles. The summed E-state index contributed by atoms with van der Waals surface area (Å²) in [7, 11) is 0. The SMILES string of the molecule is ClCc1cccc(Br)c1OCc1ccc(I)cc1. The lowest BCUT2D eigenvalue weighted by molar-refractivity contribution is 0.302. The van der Waals surface area contributed by atoms with Gasteiger partial charge < -0.3 is 4.74 Å². The van der Waals surface area contributed by atoms with Gasteiger partial charge in [-0.3, -0.25) is 0 Å². The minimum Gasteiger partial charge on any atom is -0.487 e. The molecule has 18 heavy (non-hydrogen) atoms. The fourth-order valence-corrected chi connectivity index (χ4v) is 2.65. The maximum absolute atomic E-state index is 5.90. The Morgan fingerprint density at radius 1 is 1.11 bits per heavy atom. The molecule has 0 saturated carbocycles. The topological polar surface area (TPSA) is 9.23 Å². The first-order valence-electron chi connectivity index (χ1n) is 5.41. The molecule has 0 aliphatic rings. The Labute approximate surface area is 134 Å². The summed E-state index contributed by atoms with van der Waals surface area (Å²) < 4.78 is 8.01. The van der Waals surface area contributed by atoms with Crippen LogP contribution in [0, 0.1) is 3.57 Å². The molecular weight excluding hydrogens is 426 g/mol. The summed E-state index contributed by atoms with van der Waals surface area (Å²) in [6, 6.07) is 14.2. The van der Waals surface area contributed by atoms with Crippen molar-refractivity contribution in [1.82, 2.24) is 0 Å². The molecule has 0 aromatic heterocycles. The van der Waals surface area contributed by atoms with Gasteiger partial charge in [0.15, 0.2) is 0 Å². The lowest BCUT2D eigenvalue weighted by Crippen LogP contribution is -1.98. The van der Waals surface area contributed by atoms with Gasteiger partial charge in [0.25, 0.3) is 0 Å². The monoisotopic (exact) mass is 436 g/mol. The molecule has 0 radical (unpaired) electrons. The van der Waals surface area contributed by atoms with Crippen molar-refractivity contribution in [2.24, 2.45) is 0 Å². The molecule has 0 atom stereocenters. The number of hydrogen-bond acceptors (Lipinski definition) is 1. The smallest absolute Gasteiger partial charge is 0.138 e. The van der Waals surface area contributed by atoms with Crippen molar-refractivity contribution in [2.75, 3.05) is 0 Å². The summed E-state index contributed by atoms with van der Waals surface area (Å²) in [5.74, 6) is 1.27. The summed E-state index contributed by atoms with van der Waals surface area (Å²) in [6.07, 6.45) is 0. The molecule has 0 unspecified atom stereocenters. The van der Waals surface area contributed by atoms with Crippen LogP contribution in [0.15, 0.2) is 46.9 Å². The van der Waals surface area contributed by atoms with Crippen LogP contribution in [-0.4, -0.2) is 0 Å². The third kappa shape index (κ3) is 3.62. The first-order chi connectivity index (χ1) is 8.70. The fraction of sp³-hybridized carbons (Fsp3) is 0.143. The highest BCUT2D eigenvalue weighted by molar-refractivity contribution is 14.1. The molecule has 0 aliphatic heterocycles. The van der Waals surface area contributed by atoms with E-state index in [1.54, 1.807) is 0 Å². The lowest BCUT2D eigenvalue weighted by atomic mass is 10.2. The molecule has 2 rings (SSSR count). The summed E-state index contributed by atoms with van der Waals surface area (Å²) in [5.41, 5.74) is 2.14. The van der Waals surface area contributed by atoms with Crippen LogP contribution >= 0.6 is 50.1 Å². The molecule has 0 fully saturated rings. The maximum Gasteiger partial charge on any atom is 0.138 e. The first kappa shape index (κ1) is 14.2. The third-order valence-corrected chi connectivity index (χ3v) is 4.12. The zero-order chi connectivity index (χ0) is 13.0. The van der Waals surface area contributed by atoms with Gasteiger partial charge in [0.1, 0.15) is 12.4 Å². The van der Waals surface area contributed by atoms with E-state index in [-0.39, 0.29) is 0 Å². The van der Waals surface area contributed by atoms with E-state index in [4.69, 9.17) is 16.3 Å².